The van der Waals surface area contributed by atoms with Crippen LogP contribution < -0.4 is 5.32 Å². The van der Waals surface area contributed by atoms with Gasteiger partial charge in [0.25, 0.3) is 11.8 Å². The number of nitrogens with one attached hydrogen (secondary N) is 1. The average Bonchev–Trinajstić information content (AvgIpc) is 2.98. The Bertz CT molecular complexity index is 1220. The SMILES string of the molecule is Cc1cccc(NC2=C(c3ccc(F)cc3)C(=O)N(Cc3ccccc3F)C2=O)c1C. The molecule has 3 aromatic carbocycles. The monoisotopic (exact) mass is 418 g/mol. The summed E-state index contributed by atoms with van der Waals surface area (Å²) in [6.45, 7) is 3.66. The second-order valence-corrected chi connectivity index (χ2v) is 7.42. The molecular formula is C25H20F2N2O2. The number of hydrogen-bond donors (Lipinski definition) is 1. The summed E-state index contributed by atoms with van der Waals surface area (Å²) in [5.41, 5.74) is 3.49. The van der Waals surface area contributed by atoms with Crippen molar-refractivity contribution < 1.29 is 18.4 Å². The van der Waals surface area contributed by atoms with Crippen molar-refractivity contribution in [3.63, 3.8) is 0 Å². The van der Waals surface area contributed by atoms with E-state index in [2.05, 4.69) is 5.32 Å². The number of aryl methyl sites for hydroxylation is 1. The lowest BCUT2D eigenvalue weighted by Crippen LogP contribution is -2.32. The third kappa shape index (κ3) is 3.84. The number of nitrogens with zero attached hydrogens (tertiary/aromatic N) is 1. The largest absolute Gasteiger partial charge is 0.350 e. The molecule has 2 amide bonds. The van der Waals surface area contributed by atoms with Gasteiger partial charge in [0, 0.05) is 11.3 Å². The van der Waals surface area contributed by atoms with Gasteiger partial charge in [0.2, 0.25) is 0 Å². The van der Waals surface area contributed by atoms with E-state index in [9.17, 15) is 18.4 Å². The Morgan fingerprint density at radius 2 is 1.55 bits per heavy atom. The maximum atomic E-state index is 14.2. The standard InChI is InChI=1S/C25H20F2N2O2/c1-15-6-5-9-21(16(15)2)28-23-22(17-10-12-19(26)13-11-17)24(30)29(25(23)31)14-18-7-3-4-8-20(18)27/h3-13,28H,14H2,1-2H3. The van der Waals surface area contributed by atoms with Crippen LogP contribution in [0.25, 0.3) is 5.57 Å². The van der Waals surface area contributed by atoms with E-state index in [-0.39, 0.29) is 23.4 Å². The maximum Gasteiger partial charge on any atom is 0.278 e. The topological polar surface area (TPSA) is 49.4 Å². The number of amides is 2. The van der Waals surface area contributed by atoms with Gasteiger partial charge < -0.3 is 5.32 Å². The molecule has 156 valence electrons. The molecule has 0 aromatic heterocycles. The van der Waals surface area contributed by atoms with E-state index in [0.29, 0.717) is 11.3 Å². The molecule has 1 heterocycles. The predicted octanol–water partition coefficient (Wildman–Crippen LogP) is 4.97. The Morgan fingerprint density at radius 1 is 0.839 bits per heavy atom. The average molecular weight is 418 g/mol. The summed E-state index contributed by atoms with van der Waals surface area (Å²) in [4.78, 5) is 27.5. The number of anilines is 1. The predicted molar refractivity (Wildman–Crippen MR) is 115 cm³/mol. The van der Waals surface area contributed by atoms with Crippen LogP contribution in [0.5, 0.6) is 0 Å². The molecule has 31 heavy (non-hydrogen) atoms. The highest BCUT2D eigenvalue weighted by molar-refractivity contribution is 6.36. The smallest absolute Gasteiger partial charge is 0.278 e. The molecule has 0 radical (unpaired) electrons. The van der Waals surface area contributed by atoms with Crippen molar-refractivity contribution in [3.8, 4) is 0 Å². The lowest BCUT2D eigenvalue weighted by Gasteiger charge is -2.16. The van der Waals surface area contributed by atoms with Crippen molar-refractivity contribution >= 4 is 23.1 Å². The minimum atomic E-state index is -0.562. The molecule has 3 aromatic rings. The third-order valence-corrected chi connectivity index (χ3v) is 5.45. The van der Waals surface area contributed by atoms with Crippen LogP contribution in [0.4, 0.5) is 14.5 Å². The lowest BCUT2D eigenvalue weighted by molar-refractivity contribution is -0.137. The van der Waals surface area contributed by atoms with Crippen molar-refractivity contribution in [3.05, 3.63) is 106 Å². The highest BCUT2D eigenvalue weighted by Gasteiger charge is 2.39. The van der Waals surface area contributed by atoms with Gasteiger partial charge in [0.15, 0.2) is 0 Å². The molecule has 0 unspecified atom stereocenters. The molecule has 0 atom stereocenters. The van der Waals surface area contributed by atoms with E-state index in [1.165, 1.54) is 36.4 Å². The molecule has 0 aliphatic carbocycles. The number of hydrogen-bond acceptors (Lipinski definition) is 3. The summed E-state index contributed by atoms with van der Waals surface area (Å²) >= 11 is 0. The quantitative estimate of drug-likeness (QED) is 0.595. The van der Waals surface area contributed by atoms with Crippen LogP contribution in [0.2, 0.25) is 0 Å². The van der Waals surface area contributed by atoms with Crippen molar-refractivity contribution in [2.75, 3.05) is 5.32 Å². The molecule has 1 aliphatic heterocycles. The van der Waals surface area contributed by atoms with Gasteiger partial charge in [-0.05, 0) is 54.8 Å². The first-order chi connectivity index (χ1) is 14.9. The number of halogens is 2. The summed E-state index contributed by atoms with van der Waals surface area (Å²) in [6, 6.07) is 17.0. The van der Waals surface area contributed by atoms with Gasteiger partial charge in [0.05, 0.1) is 12.1 Å². The van der Waals surface area contributed by atoms with Gasteiger partial charge >= 0.3 is 0 Å². The number of benzene rings is 3. The molecule has 4 rings (SSSR count). The van der Waals surface area contributed by atoms with Crippen LogP contribution in [0.3, 0.4) is 0 Å². The number of rotatable bonds is 5. The molecule has 0 bridgehead atoms. The zero-order valence-electron chi connectivity index (χ0n) is 17.1. The molecule has 6 heteroatoms. The molecule has 1 aliphatic rings. The molecule has 0 saturated heterocycles. The van der Waals surface area contributed by atoms with E-state index in [1.807, 2.05) is 32.0 Å². The summed E-state index contributed by atoms with van der Waals surface area (Å²) in [7, 11) is 0. The highest BCUT2D eigenvalue weighted by atomic mass is 19.1. The van der Waals surface area contributed by atoms with Crippen LogP contribution >= 0.6 is 0 Å². The summed E-state index contributed by atoms with van der Waals surface area (Å²) in [6.07, 6.45) is 0. The van der Waals surface area contributed by atoms with Crippen molar-refractivity contribution in [1.82, 2.24) is 4.90 Å². The van der Waals surface area contributed by atoms with E-state index >= 15 is 0 Å². The fourth-order valence-electron chi connectivity index (χ4n) is 3.54. The van der Waals surface area contributed by atoms with E-state index in [4.69, 9.17) is 0 Å². The molecular weight excluding hydrogens is 398 g/mol. The minimum Gasteiger partial charge on any atom is -0.350 e. The van der Waals surface area contributed by atoms with Gasteiger partial charge in [-0.25, -0.2) is 8.78 Å². The Hall–Kier alpha value is -3.80. The molecule has 0 spiro atoms. The minimum absolute atomic E-state index is 0.0849. The Labute approximate surface area is 178 Å². The van der Waals surface area contributed by atoms with Crippen molar-refractivity contribution in [2.45, 2.75) is 20.4 Å². The number of carbonyl (C=O) groups excluding carboxylic acids is 2. The Morgan fingerprint density at radius 3 is 2.26 bits per heavy atom. The maximum absolute atomic E-state index is 14.2. The Kier molecular flexibility index (Phi) is 5.38. The van der Waals surface area contributed by atoms with Gasteiger partial charge in [-0.1, -0.05) is 42.5 Å². The van der Waals surface area contributed by atoms with Gasteiger partial charge in [-0.3, -0.25) is 14.5 Å². The molecule has 4 nitrogen and oxygen atoms in total. The normalized spacial score (nSPS) is 13.9. The van der Waals surface area contributed by atoms with Gasteiger partial charge in [-0.15, -0.1) is 0 Å². The zero-order chi connectivity index (χ0) is 22.1. The Balaban J connectivity index is 1.78. The summed E-state index contributed by atoms with van der Waals surface area (Å²) in [5, 5.41) is 3.10. The van der Waals surface area contributed by atoms with Crippen molar-refractivity contribution in [1.29, 1.82) is 0 Å². The van der Waals surface area contributed by atoms with Gasteiger partial charge in [-0.2, -0.15) is 0 Å². The zero-order valence-corrected chi connectivity index (χ0v) is 17.1. The highest BCUT2D eigenvalue weighted by Crippen LogP contribution is 2.33. The first-order valence-corrected chi connectivity index (χ1v) is 9.80. The van der Waals surface area contributed by atoms with Crippen LogP contribution in [0.1, 0.15) is 22.3 Å². The summed E-state index contributed by atoms with van der Waals surface area (Å²) < 4.78 is 27.6. The van der Waals surface area contributed by atoms with E-state index in [1.54, 1.807) is 12.1 Å². The van der Waals surface area contributed by atoms with Crippen LogP contribution in [-0.4, -0.2) is 16.7 Å². The molecule has 0 saturated carbocycles. The first-order valence-electron chi connectivity index (χ1n) is 9.80. The lowest BCUT2D eigenvalue weighted by atomic mass is 10.0. The fourth-order valence-corrected chi connectivity index (χ4v) is 3.54. The third-order valence-electron chi connectivity index (χ3n) is 5.45. The van der Waals surface area contributed by atoms with Crippen LogP contribution in [0.15, 0.2) is 72.4 Å². The number of imide groups is 1. The second kappa shape index (κ2) is 8.14. The molecule has 1 N–H and O–H groups in total. The van der Waals surface area contributed by atoms with E-state index in [0.717, 1.165) is 16.0 Å². The van der Waals surface area contributed by atoms with Gasteiger partial charge in [0.1, 0.15) is 17.3 Å². The molecule has 0 fully saturated rings. The summed E-state index contributed by atoms with van der Waals surface area (Å²) in [5.74, 6) is -2.07. The van der Waals surface area contributed by atoms with Crippen molar-refractivity contribution in [2.24, 2.45) is 0 Å². The second-order valence-electron chi connectivity index (χ2n) is 7.42. The fraction of sp³-hybridized carbons (Fsp3) is 0.120. The number of carbonyl (C=O) groups is 2. The first kappa shape index (κ1) is 20.5. The van der Waals surface area contributed by atoms with Crippen LogP contribution in [0, 0.1) is 25.5 Å². The van der Waals surface area contributed by atoms with Crippen LogP contribution in [-0.2, 0) is 16.1 Å². The van der Waals surface area contributed by atoms with E-state index < -0.39 is 23.4 Å².